The Hall–Kier alpha value is -1.74. The molecule has 0 aromatic heterocycles. The monoisotopic (exact) mass is 410 g/mol. The summed E-state index contributed by atoms with van der Waals surface area (Å²) in [5.41, 5.74) is 0.853. The summed E-state index contributed by atoms with van der Waals surface area (Å²) >= 11 is 3.02. The van der Waals surface area contributed by atoms with Crippen molar-refractivity contribution in [3.63, 3.8) is 0 Å². The van der Waals surface area contributed by atoms with Crippen LogP contribution in [0, 0.1) is 6.92 Å². The molecular weight excluding hydrogens is 401 g/mol. The first kappa shape index (κ1) is 17.6. The molecule has 0 N–H and O–H groups in total. The third-order valence-corrected chi connectivity index (χ3v) is 4.55. The zero-order chi connectivity index (χ0) is 17.3. The average molecular weight is 411 g/mol. The van der Waals surface area contributed by atoms with Crippen LogP contribution in [0.3, 0.4) is 0 Å². The van der Waals surface area contributed by atoms with Crippen molar-refractivity contribution in [1.82, 2.24) is 0 Å². The minimum absolute atomic E-state index is 0.114. The molecule has 0 aliphatic carbocycles. The predicted molar refractivity (Wildman–Crippen MR) is 79.8 cm³/mol. The molecule has 124 valence electrons. The zero-order valence-corrected chi connectivity index (χ0v) is 14.0. The predicted octanol–water partition coefficient (Wildman–Crippen LogP) is 4.42. The first-order valence-corrected chi connectivity index (χ1v) is 8.33. The van der Waals surface area contributed by atoms with Gasteiger partial charge in [0.1, 0.15) is 10.6 Å². The van der Waals surface area contributed by atoms with Gasteiger partial charge in [0.25, 0.3) is 0 Å². The van der Waals surface area contributed by atoms with Crippen LogP contribution in [0.2, 0.25) is 0 Å². The summed E-state index contributed by atoms with van der Waals surface area (Å²) < 4.78 is 69.8. The Morgan fingerprint density at radius 1 is 1.04 bits per heavy atom. The van der Waals surface area contributed by atoms with E-state index in [0.717, 1.165) is 17.7 Å². The maximum atomic E-state index is 12.2. The number of hydrogen-bond donors (Lipinski definition) is 0. The van der Waals surface area contributed by atoms with E-state index in [0.29, 0.717) is 0 Å². The van der Waals surface area contributed by atoms with Gasteiger partial charge in [-0.25, -0.2) is 0 Å². The van der Waals surface area contributed by atoms with Gasteiger partial charge >= 0.3 is 16.5 Å². The van der Waals surface area contributed by atoms with Gasteiger partial charge in [-0.3, -0.25) is 0 Å². The van der Waals surface area contributed by atoms with Crippen LogP contribution in [0.5, 0.6) is 11.5 Å². The smallest absolute Gasteiger partial charge is 0.406 e. The highest BCUT2D eigenvalue weighted by Crippen LogP contribution is 2.33. The molecule has 0 saturated carbocycles. The molecule has 0 radical (unpaired) electrons. The van der Waals surface area contributed by atoms with Crippen molar-refractivity contribution in [2.45, 2.75) is 18.2 Å². The molecule has 9 heteroatoms. The molecule has 0 atom stereocenters. The van der Waals surface area contributed by atoms with Crippen molar-refractivity contribution in [2.75, 3.05) is 0 Å². The molecule has 0 heterocycles. The molecule has 0 unspecified atom stereocenters. The fourth-order valence-electron chi connectivity index (χ4n) is 1.62. The lowest BCUT2D eigenvalue weighted by atomic mass is 10.2. The molecule has 0 fully saturated rings. The van der Waals surface area contributed by atoms with Crippen molar-refractivity contribution in [2.24, 2.45) is 0 Å². The summed E-state index contributed by atoms with van der Waals surface area (Å²) in [5.74, 6) is -0.901. The van der Waals surface area contributed by atoms with E-state index in [1.165, 1.54) is 18.2 Å². The van der Waals surface area contributed by atoms with Crippen LogP contribution in [0.4, 0.5) is 13.2 Å². The highest BCUT2D eigenvalue weighted by atomic mass is 79.9. The molecule has 23 heavy (non-hydrogen) atoms. The molecule has 2 rings (SSSR count). The van der Waals surface area contributed by atoms with Crippen molar-refractivity contribution in [3.05, 3.63) is 52.5 Å². The van der Waals surface area contributed by atoms with E-state index in [1.54, 1.807) is 19.1 Å². The standard InChI is InChI=1S/C14H10BrF3O4S/c1-9-2-5-11(6-3-9)23(19,20)22-13-8-10(4-7-12(13)15)21-14(16,17)18/h2-8H,1H3. The van der Waals surface area contributed by atoms with Gasteiger partial charge in [0.2, 0.25) is 0 Å². The largest absolute Gasteiger partial charge is 0.573 e. The molecule has 0 spiro atoms. The second-order valence-electron chi connectivity index (χ2n) is 4.49. The van der Waals surface area contributed by atoms with Gasteiger partial charge in [-0.2, -0.15) is 8.42 Å². The molecule has 0 saturated heterocycles. The van der Waals surface area contributed by atoms with Crippen LogP contribution in [0.25, 0.3) is 0 Å². The van der Waals surface area contributed by atoms with Crippen molar-refractivity contribution >= 4 is 26.0 Å². The second kappa shape index (κ2) is 6.40. The zero-order valence-electron chi connectivity index (χ0n) is 11.6. The molecule has 0 aliphatic rings. The average Bonchev–Trinajstić information content (AvgIpc) is 2.41. The Kier molecular flexibility index (Phi) is 4.90. The maximum absolute atomic E-state index is 12.2. The SMILES string of the molecule is Cc1ccc(S(=O)(=O)Oc2cc(OC(F)(F)F)ccc2Br)cc1. The lowest BCUT2D eigenvalue weighted by molar-refractivity contribution is -0.274. The van der Waals surface area contributed by atoms with Gasteiger partial charge in [-0.1, -0.05) is 17.7 Å². The summed E-state index contributed by atoms with van der Waals surface area (Å²) in [6.07, 6.45) is -4.89. The van der Waals surface area contributed by atoms with Gasteiger partial charge < -0.3 is 8.92 Å². The minimum atomic E-state index is -4.89. The van der Waals surface area contributed by atoms with Gasteiger partial charge in [0, 0.05) is 6.07 Å². The van der Waals surface area contributed by atoms with Crippen molar-refractivity contribution < 1.29 is 30.5 Å². The lowest BCUT2D eigenvalue weighted by Crippen LogP contribution is -2.17. The van der Waals surface area contributed by atoms with E-state index >= 15 is 0 Å². The Balaban J connectivity index is 2.31. The number of alkyl halides is 3. The second-order valence-corrected chi connectivity index (χ2v) is 6.89. The molecule has 4 nitrogen and oxygen atoms in total. The highest BCUT2D eigenvalue weighted by molar-refractivity contribution is 9.10. The van der Waals surface area contributed by atoms with Crippen LogP contribution >= 0.6 is 15.9 Å². The normalized spacial score (nSPS) is 12.0. The number of aryl methyl sites for hydroxylation is 1. The van der Waals surface area contributed by atoms with E-state index in [9.17, 15) is 21.6 Å². The van der Waals surface area contributed by atoms with Gasteiger partial charge in [0.15, 0.2) is 5.75 Å². The third kappa shape index (κ3) is 4.87. The summed E-state index contributed by atoms with van der Waals surface area (Å²) in [6, 6.07) is 8.90. The summed E-state index contributed by atoms with van der Waals surface area (Å²) in [5, 5.41) is 0. The molecule has 0 aliphatic heterocycles. The molecule has 2 aromatic rings. The summed E-state index contributed by atoms with van der Waals surface area (Å²) in [6.45, 7) is 1.78. The topological polar surface area (TPSA) is 52.6 Å². The van der Waals surface area contributed by atoms with Gasteiger partial charge in [0.05, 0.1) is 4.47 Å². The van der Waals surface area contributed by atoms with Gasteiger partial charge in [-0.15, -0.1) is 13.2 Å². The molecular formula is C14H10BrF3O4S. The number of rotatable bonds is 4. The fraction of sp³-hybridized carbons (Fsp3) is 0.143. The summed E-state index contributed by atoms with van der Waals surface area (Å²) in [4.78, 5) is -0.114. The van der Waals surface area contributed by atoms with Crippen molar-refractivity contribution in [1.29, 1.82) is 0 Å². The first-order chi connectivity index (χ1) is 10.6. The number of hydrogen-bond acceptors (Lipinski definition) is 4. The van der Waals surface area contributed by atoms with E-state index < -0.39 is 22.2 Å². The highest BCUT2D eigenvalue weighted by Gasteiger charge is 2.31. The number of halogens is 4. The minimum Gasteiger partial charge on any atom is -0.406 e. The first-order valence-electron chi connectivity index (χ1n) is 6.13. The lowest BCUT2D eigenvalue weighted by Gasteiger charge is -2.12. The van der Waals surface area contributed by atoms with Crippen LogP contribution in [-0.2, 0) is 10.1 Å². The Labute approximate surface area is 139 Å². The molecule has 2 aromatic carbocycles. The van der Waals surface area contributed by atoms with Crippen LogP contribution in [0.1, 0.15) is 5.56 Å². The Morgan fingerprint density at radius 3 is 2.22 bits per heavy atom. The van der Waals surface area contributed by atoms with Gasteiger partial charge in [-0.05, 0) is 47.1 Å². The summed E-state index contributed by atoms with van der Waals surface area (Å²) in [7, 11) is -4.18. The Morgan fingerprint density at radius 2 is 1.65 bits per heavy atom. The fourth-order valence-corrected chi connectivity index (χ4v) is 2.99. The van der Waals surface area contributed by atoms with E-state index in [2.05, 4.69) is 20.7 Å². The number of ether oxygens (including phenoxy) is 1. The van der Waals surface area contributed by atoms with Crippen LogP contribution in [-0.4, -0.2) is 14.8 Å². The van der Waals surface area contributed by atoms with E-state index in [4.69, 9.17) is 4.18 Å². The molecule has 0 bridgehead atoms. The number of benzene rings is 2. The van der Waals surface area contributed by atoms with E-state index in [-0.39, 0.29) is 15.1 Å². The van der Waals surface area contributed by atoms with Crippen LogP contribution < -0.4 is 8.92 Å². The van der Waals surface area contributed by atoms with E-state index in [1.807, 2.05) is 0 Å². The Bertz CT molecular complexity index is 802. The van der Waals surface area contributed by atoms with Crippen LogP contribution in [0.15, 0.2) is 51.8 Å². The molecule has 0 amide bonds. The quantitative estimate of drug-likeness (QED) is 0.699. The maximum Gasteiger partial charge on any atom is 0.573 e. The van der Waals surface area contributed by atoms with Crippen molar-refractivity contribution in [3.8, 4) is 11.5 Å². The third-order valence-electron chi connectivity index (χ3n) is 2.65.